The third-order valence-electron chi connectivity index (χ3n) is 7.12. The third-order valence-corrected chi connectivity index (χ3v) is 7.43. The Morgan fingerprint density at radius 1 is 1.00 bits per heavy atom. The van der Waals surface area contributed by atoms with Crippen LogP contribution in [0.4, 0.5) is 10.5 Å². The van der Waals surface area contributed by atoms with Gasteiger partial charge in [0, 0.05) is 12.0 Å². The molecule has 2 atom stereocenters. The molecule has 2 unspecified atom stereocenters. The Morgan fingerprint density at radius 3 is 2.17 bits per heavy atom. The van der Waals surface area contributed by atoms with Crippen LogP contribution in [0.5, 0.6) is 0 Å². The van der Waals surface area contributed by atoms with Crippen molar-refractivity contribution in [1.29, 1.82) is 0 Å². The number of nitrogens with two attached hydrogens (primary N) is 1. The third kappa shape index (κ3) is 9.21. The van der Waals surface area contributed by atoms with Gasteiger partial charge in [-0.1, -0.05) is 54.4 Å². The van der Waals surface area contributed by atoms with Crippen LogP contribution in [0.25, 0.3) is 0 Å². The molecule has 4 amide bonds. The van der Waals surface area contributed by atoms with Crippen LogP contribution in [0.2, 0.25) is 5.02 Å². The number of para-hydroxylation sites is 1. The standard InChI is InChI=1S/C32H45ClN4O5/c1-10-32(8,9)37(29(40)24(16-17-25(34)38)35-30(41)42-31(5,6)7)27(22-15-14-19(2)18-21(22)4)28(39)36-26-20(3)12-11-13-23(26)33/h11-15,18,24,27H,10,16-17H2,1-9H3,(H2,34,38)(H,35,41)(H,36,39). The predicted octanol–water partition coefficient (Wildman–Crippen LogP) is 6.12. The average molecular weight is 601 g/mol. The minimum atomic E-state index is -1.19. The number of hydrogen-bond donors (Lipinski definition) is 3. The van der Waals surface area contributed by atoms with E-state index in [1.807, 2.05) is 65.8 Å². The minimum absolute atomic E-state index is 0.0749. The van der Waals surface area contributed by atoms with Crippen LogP contribution < -0.4 is 16.4 Å². The Kier molecular flexibility index (Phi) is 11.6. The maximum Gasteiger partial charge on any atom is 0.408 e. The Bertz CT molecular complexity index is 1300. The Morgan fingerprint density at radius 2 is 1.64 bits per heavy atom. The van der Waals surface area contributed by atoms with Crippen LogP contribution in [0.1, 0.15) is 89.1 Å². The number of primary amides is 1. The molecular formula is C32H45ClN4O5. The SMILES string of the molecule is CCC(C)(C)N(C(=O)C(CCC(N)=O)NC(=O)OC(C)(C)C)C(C(=O)Nc1c(C)cccc1Cl)c1ccc(C)cc1C. The van der Waals surface area contributed by atoms with Crippen LogP contribution in [0.3, 0.4) is 0 Å². The summed E-state index contributed by atoms with van der Waals surface area (Å²) in [5.41, 5.74) is 7.36. The van der Waals surface area contributed by atoms with Gasteiger partial charge in [0.25, 0.3) is 5.91 Å². The quantitative estimate of drug-likeness (QED) is 0.286. The lowest BCUT2D eigenvalue weighted by Gasteiger charge is -2.45. The summed E-state index contributed by atoms with van der Waals surface area (Å²) in [5, 5.41) is 5.95. The summed E-state index contributed by atoms with van der Waals surface area (Å²) < 4.78 is 5.42. The van der Waals surface area contributed by atoms with E-state index in [-0.39, 0.29) is 12.8 Å². The first-order chi connectivity index (χ1) is 19.4. The molecule has 9 nitrogen and oxygen atoms in total. The smallest absolute Gasteiger partial charge is 0.408 e. The molecule has 0 saturated carbocycles. The highest BCUT2D eigenvalue weighted by molar-refractivity contribution is 6.34. The largest absolute Gasteiger partial charge is 0.444 e. The van der Waals surface area contributed by atoms with Crippen molar-refractivity contribution in [1.82, 2.24) is 10.2 Å². The monoisotopic (exact) mass is 600 g/mol. The molecule has 0 bridgehead atoms. The molecule has 4 N–H and O–H groups in total. The number of halogens is 1. The zero-order valence-electron chi connectivity index (χ0n) is 26.2. The number of nitrogens with zero attached hydrogens (tertiary/aromatic N) is 1. The lowest BCUT2D eigenvalue weighted by molar-refractivity contribution is -0.148. The van der Waals surface area contributed by atoms with Gasteiger partial charge in [-0.05, 0) is 91.0 Å². The van der Waals surface area contributed by atoms with E-state index in [9.17, 15) is 19.2 Å². The molecular weight excluding hydrogens is 556 g/mol. The fraction of sp³-hybridized carbons (Fsp3) is 0.500. The van der Waals surface area contributed by atoms with Gasteiger partial charge in [-0.25, -0.2) is 4.79 Å². The first-order valence-electron chi connectivity index (χ1n) is 14.1. The van der Waals surface area contributed by atoms with E-state index in [2.05, 4.69) is 10.6 Å². The van der Waals surface area contributed by atoms with Crippen molar-refractivity contribution in [3.63, 3.8) is 0 Å². The van der Waals surface area contributed by atoms with Crippen molar-refractivity contribution < 1.29 is 23.9 Å². The summed E-state index contributed by atoms with van der Waals surface area (Å²) in [5.74, 6) is -1.65. The number of aryl methyl sites for hydroxylation is 3. The van der Waals surface area contributed by atoms with Gasteiger partial charge in [0.2, 0.25) is 11.8 Å². The number of carbonyl (C=O) groups excluding carboxylic acids is 4. The topological polar surface area (TPSA) is 131 Å². The number of nitrogens with one attached hydrogen (secondary N) is 2. The highest BCUT2D eigenvalue weighted by atomic mass is 35.5. The molecule has 2 aromatic carbocycles. The lowest BCUT2D eigenvalue weighted by atomic mass is 9.89. The molecule has 0 aromatic heterocycles. The molecule has 230 valence electrons. The summed E-state index contributed by atoms with van der Waals surface area (Å²) in [6, 6.07) is 8.66. The predicted molar refractivity (Wildman–Crippen MR) is 166 cm³/mol. The fourth-order valence-electron chi connectivity index (χ4n) is 4.62. The molecule has 42 heavy (non-hydrogen) atoms. The van der Waals surface area contributed by atoms with Crippen molar-refractivity contribution in [2.45, 2.75) is 105 Å². The maximum absolute atomic E-state index is 14.5. The molecule has 2 aromatic rings. The Balaban J connectivity index is 2.74. The number of alkyl carbamates (subject to hydrolysis) is 1. The van der Waals surface area contributed by atoms with E-state index in [0.717, 1.165) is 16.7 Å². The molecule has 0 radical (unpaired) electrons. The summed E-state index contributed by atoms with van der Waals surface area (Å²) in [7, 11) is 0. The zero-order chi connectivity index (χ0) is 32.0. The van der Waals surface area contributed by atoms with Crippen molar-refractivity contribution in [2.75, 3.05) is 5.32 Å². The van der Waals surface area contributed by atoms with Gasteiger partial charge in [0.05, 0.1) is 10.7 Å². The van der Waals surface area contributed by atoms with Crippen molar-refractivity contribution >= 4 is 41.1 Å². The van der Waals surface area contributed by atoms with E-state index < -0.39 is 47.0 Å². The van der Waals surface area contributed by atoms with Gasteiger partial charge in [-0.3, -0.25) is 14.4 Å². The van der Waals surface area contributed by atoms with E-state index in [0.29, 0.717) is 22.7 Å². The molecule has 0 spiro atoms. The van der Waals surface area contributed by atoms with Crippen LogP contribution in [-0.4, -0.2) is 45.9 Å². The van der Waals surface area contributed by atoms with Crippen LogP contribution in [0.15, 0.2) is 36.4 Å². The fourth-order valence-corrected chi connectivity index (χ4v) is 4.89. The van der Waals surface area contributed by atoms with E-state index in [1.54, 1.807) is 32.9 Å². The van der Waals surface area contributed by atoms with Crippen LogP contribution in [0, 0.1) is 20.8 Å². The number of ether oxygens (including phenoxy) is 1. The molecule has 0 aliphatic carbocycles. The summed E-state index contributed by atoms with van der Waals surface area (Å²) in [4.78, 5) is 54.9. The van der Waals surface area contributed by atoms with Crippen LogP contribution >= 0.6 is 11.6 Å². The molecule has 0 aliphatic heterocycles. The van der Waals surface area contributed by atoms with Gasteiger partial charge in [-0.15, -0.1) is 0 Å². The highest BCUT2D eigenvalue weighted by Gasteiger charge is 2.43. The molecule has 2 rings (SSSR count). The highest BCUT2D eigenvalue weighted by Crippen LogP contribution is 2.36. The van der Waals surface area contributed by atoms with Crippen molar-refractivity contribution in [3.05, 3.63) is 63.7 Å². The maximum atomic E-state index is 14.5. The second-order valence-corrected chi connectivity index (χ2v) is 12.7. The number of carbonyl (C=O) groups is 4. The number of anilines is 1. The first-order valence-corrected chi connectivity index (χ1v) is 14.5. The second-order valence-electron chi connectivity index (χ2n) is 12.3. The van der Waals surface area contributed by atoms with Gasteiger partial charge >= 0.3 is 6.09 Å². The average Bonchev–Trinajstić information content (AvgIpc) is 2.86. The summed E-state index contributed by atoms with van der Waals surface area (Å²) in [6.45, 7) is 16.4. The van der Waals surface area contributed by atoms with Gasteiger partial charge < -0.3 is 26.0 Å². The normalized spacial score (nSPS) is 13.1. The number of hydrogen-bond acceptors (Lipinski definition) is 5. The molecule has 10 heteroatoms. The van der Waals surface area contributed by atoms with E-state index in [1.165, 1.54) is 4.90 Å². The molecule has 0 aliphatic rings. The number of benzene rings is 2. The lowest BCUT2D eigenvalue weighted by Crippen LogP contribution is -2.59. The van der Waals surface area contributed by atoms with Gasteiger partial charge in [-0.2, -0.15) is 0 Å². The molecule has 0 saturated heterocycles. The second kappa shape index (κ2) is 14.1. The zero-order valence-corrected chi connectivity index (χ0v) is 26.9. The molecule has 0 fully saturated rings. The summed E-state index contributed by atoms with van der Waals surface area (Å²) in [6.07, 6.45) is -0.577. The first kappa shape index (κ1) is 34.6. The van der Waals surface area contributed by atoms with Gasteiger partial charge in [0.1, 0.15) is 17.7 Å². The number of amides is 4. The Hall–Kier alpha value is -3.59. The van der Waals surface area contributed by atoms with Crippen molar-refractivity contribution in [3.8, 4) is 0 Å². The van der Waals surface area contributed by atoms with Crippen LogP contribution in [-0.2, 0) is 19.1 Å². The number of rotatable bonds is 11. The summed E-state index contributed by atoms with van der Waals surface area (Å²) >= 11 is 6.47. The van der Waals surface area contributed by atoms with E-state index >= 15 is 0 Å². The van der Waals surface area contributed by atoms with Gasteiger partial charge in [0.15, 0.2) is 0 Å². The minimum Gasteiger partial charge on any atom is -0.444 e. The Labute approximate surface area is 254 Å². The van der Waals surface area contributed by atoms with Crippen molar-refractivity contribution in [2.24, 2.45) is 5.73 Å². The molecule has 0 heterocycles. The van der Waals surface area contributed by atoms with E-state index in [4.69, 9.17) is 22.1 Å².